The van der Waals surface area contributed by atoms with Crippen molar-refractivity contribution in [2.24, 2.45) is 16.7 Å². The zero-order valence-corrected chi connectivity index (χ0v) is 23.1. The van der Waals surface area contributed by atoms with Crippen molar-refractivity contribution in [1.82, 2.24) is 15.1 Å². The molecule has 198 valence electrons. The molecule has 5 rings (SSSR count). The average molecular weight is 502 g/mol. The maximum atomic E-state index is 13.5. The summed E-state index contributed by atoms with van der Waals surface area (Å²) in [4.78, 5) is 31.2. The maximum absolute atomic E-state index is 13.5. The van der Waals surface area contributed by atoms with Gasteiger partial charge in [0.1, 0.15) is 0 Å². The quantitative estimate of drug-likeness (QED) is 0.543. The Labute approximate surface area is 222 Å². The van der Waals surface area contributed by atoms with E-state index in [1.54, 1.807) is 0 Å². The van der Waals surface area contributed by atoms with Gasteiger partial charge in [-0.2, -0.15) is 0 Å². The lowest BCUT2D eigenvalue weighted by molar-refractivity contribution is -0.125. The Morgan fingerprint density at radius 1 is 0.892 bits per heavy atom. The lowest BCUT2D eigenvalue weighted by Crippen LogP contribution is -2.38. The first kappa shape index (κ1) is 26.0. The van der Waals surface area contributed by atoms with E-state index in [0.717, 1.165) is 68.7 Å². The van der Waals surface area contributed by atoms with Crippen molar-refractivity contribution in [1.29, 1.82) is 0 Å². The standard InChI is InChI=1S/C32H43N3O2/c1-23-11-10-12-24(2)28(23)30(37)35-21-31(3)19-34(20-32(31,4)22-35)18-17-27(25-13-6-5-7-14-25)33-29(36)26-15-8-9-16-26/h5-7,10-14,26-27H,8-9,15-22H2,1-4H3,(H,33,36)/t27-,31?,32?/m0/s1. The molecule has 37 heavy (non-hydrogen) atoms. The van der Waals surface area contributed by atoms with Gasteiger partial charge in [0.05, 0.1) is 6.04 Å². The number of aryl methyl sites for hydroxylation is 2. The van der Waals surface area contributed by atoms with Crippen molar-refractivity contribution in [2.75, 3.05) is 32.7 Å². The van der Waals surface area contributed by atoms with Gasteiger partial charge in [-0.25, -0.2) is 0 Å². The van der Waals surface area contributed by atoms with Crippen molar-refractivity contribution in [3.8, 4) is 0 Å². The number of carbonyl (C=O) groups excluding carboxylic acids is 2. The third-order valence-electron chi connectivity index (χ3n) is 9.64. The van der Waals surface area contributed by atoms with Gasteiger partial charge < -0.3 is 15.1 Å². The van der Waals surface area contributed by atoms with E-state index in [2.05, 4.69) is 53.2 Å². The second-order valence-corrected chi connectivity index (χ2v) is 12.5. The van der Waals surface area contributed by atoms with E-state index in [-0.39, 0.29) is 34.6 Å². The molecule has 2 aromatic rings. The predicted molar refractivity (Wildman–Crippen MR) is 148 cm³/mol. The normalized spacial score (nSPS) is 26.9. The Kier molecular flexibility index (Phi) is 7.19. The largest absolute Gasteiger partial charge is 0.349 e. The molecule has 2 amide bonds. The number of rotatable bonds is 7. The molecular weight excluding hydrogens is 458 g/mol. The molecule has 1 N–H and O–H groups in total. The Bertz CT molecular complexity index is 1100. The third kappa shape index (κ3) is 5.07. The molecule has 2 aromatic carbocycles. The summed E-state index contributed by atoms with van der Waals surface area (Å²) in [7, 11) is 0. The average Bonchev–Trinajstić information content (AvgIpc) is 3.54. The first-order chi connectivity index (χ1) is 17.7. The van der Waals surface area contributed by atoms with Crippen LogP contribution in [0.5, 0.6) is 0 Å². The van der Waals surface area contributed by atoms with Crippen molar-refractivity contribution < 1.29 is 9.59 Å². The summed E-state index contributed by atoms with van der Waals surface area (Å²) in [6.45, 7) is 13.3. The minimum absolute atomic E-state index is 0.0393. The number of hydrogen-bond donors (Lipinski definition) is 1. The molecular formula is C32H43N3O2. The molecule has 0 radical (unpaired) electrons. The molecule has 5 nitrogen and oxygen atoms in total. The molecule has 0 bridgehead atoms. The predicted octanol–water partition coefficient (Wildman–Crippen LogP) is 5.53. The molecule has 2 saturated heterocycles. The van der Waals surface area contributed by atoms with Gasteiger partial charge in [-0.3, -0.25) is 9.59 Å². The lowest BCUT2D eigenvalue weighted by Gasteiger charge is -2.30. The van der Waals surface area contributed by atoms with E-state index in [1.807, 2.05) is 38.1 Å². The van der Waals surface area contributed by atoms with Gasteiger partial charge in [0.25, 0.3) is 5.91 Å². The zero-order chi connectivity index (χ0) is 26.2. The fourth-order valence-corrected chi connectivity index (χ4v) is 7.21. The molecule has 3 aliphatic rings. The summed E-state index contributed by atoms with van der Waals surface area (Å²) in [6, 6.07) is 16.6. The van der Waals surface area contributed by atoms with Crippen LogP contribution in [-0.2, 0) is 4.79 Å². The van der Waals surface area contributed by atoms with Crippen LogP contribution in [0.2, 0.25) is 0 Å². The van der Waals surface area contributed by atoms with Crippen LogP contribution in [0.15, 0.2) is 48.5 Å². The molecule has 3 fully saturated rings. The van der Waals surface area contributed by atoms with E-state index in [4.69, 9.17) is 0 Å². The van der Waals surface area contributed by atoms with Crippen LogP contribution < -0.4 is 5.32 Å². The third-order valence-corrected chi connectivity index (χ3v) is 9.64. The lowest BCUT2D eigenvalue weighted by atomic mass is 9.71. The Balaban J connectivity index is 1.24. The SMILES string of the molecule is Cc1cccc(C)c1C(=O)N1CC2(C)CN(CC[C@H](NC(=O)C3CCCC3)c3ccccc3)CC2(C)C1. The number of amides is 2. The van der Waals surface area contributed by atoms with Crippen LogP contribution in [0.1, 0.15) is 79.0 Å². The highest BCUT2D eigenvalue weighted by Gasteiger charge is 2.58. The van der Waals surface area contributed by atoms with E-state index in [9.17, 15) is 9.59 Å². The summed E-state index contributed by atoms with van der Waals surface area (Å²) < 4.78 is 0. The number of fused-ring (bicyclic) bond motifs is 1. The number of benzene rings is 2. The highest BCUT2D eigenvalue weighted by molar-refractivity contribution is 5.97. The van der Waals surface area contributed by atoms with Gasteiger partial charge in [-0.05, 0) is 49.8 Å². The van der Waals surface area contributed by atoms with Gasteiger partial charge in [-0.1, -0.05) is 75.2 Å². The molecule has 0 spiro atoms. The summed E-state index contributed by atoms with van der Waals surface area (Å²) in [5, 5.41) is 3.40. The topological polar surface area (TPSA) is 52.7 Å². The number of hydrogen-bond acceptors (Lipinski definition) is 3. The van der Waals surface area contributed by atoms with Gasteiger partial charge in [-0.15, -0.1) is 0 Å². The molecule has 1 saturated carbocycles. The minimum Gasteiger partial charge on any atom is -0.349 e. The highest BCUT2D eigenvalue weighted by Crippen LogP contribution is 2.52. The number of nitrogens with one attached hydrogen (secondary N) is 1. The molecule has 0 aromatic heterocycles. The number of nitrogens with zero attached hydrogens (tertiary/aromatic N) is 2. The Morgan fingerprint density at radius 3 is 2.08 bits per heavy atom. The second kappa shape index (κ2) is 10.2. The van der Waals surface area contributed by atoms with Crippen molar-refractivity contribution in [2.45, 2.75) is 65.8 Å². The van der Waals surface area contributed by atoms with Crippen LogP contribution >= 0.6 is 0 Å². The fraction of sp³-hybridized carbons (Fsp3) is 0.562. The first-order valence-electron chi connectivity index (χ1n) is 14.1. The summed E-state index contributed by atoms with van der Waals surface area (Å²) in [5.41, 5.74) is 4.31. The molecule has 2 heterocycles. The summed E-state index contributed by atoms with van der Waals surface area (Å²) >= 11 is 0. The van der Waals surface area contributed by atoms with Crippen molar-refractivity contribution in [3.63, 3.8) is 0 Å². The summed E-state index contributed by atoms with van der Waals surface area (Å²) in [5.74, 6) is 0.581. The first-order valence-corrected chi connectivity index (χ1v) is 14.1. The van der Waals surface area contributed by atoms with Crippen molar-refractivity contribution >= 4 is 11.8 Å². The van der Waals surface area contributed by atoms with Crippen LogP contribution in [0.4, 0.5) is 0 Å². The van der Waals surface area contributed by atoms with E-state index < -0.39 is 0 Å². The molecule has 1 aliphatic carbocycles. The fourth-order valence-electron chi connectivity index (χ4n) is 7.21. The van der Waals surface area contributed by atoms with Crippen LogP contribution in [-0.4, -0.2) is 54.3 Å². The van der Waals surface area contributed by atoms with Gasteiger partial charge in [0, 0.05) is 55.0 Å². The minimum atomic E-state index is 0.0393. The van der Waals surface area contributed by atoms with Gasteiger partial charge in [0.15, 0.2) is 0 Å². The highest BCUT2D eigenvalue weighted by atomic mass is 16.2. The number of likely N-dealkylation sites (tertiary alicyclic amines) is 2. The van der Waals surface area contributed by atoms with Gasteiger partial charge >= 0.3 is 0 Å². The molecule has 2 unspecified atom stereocenters. The van der Waals surface area contributed by atoms with Crippen LogP contribution in [0, 0.1) is 30.6 Å². The van der Waals surface area contributed by atoms with E-state index in [1.165, 1.54) is 18.4 Å². The molecule has 5 heteroatoms. The number of carbonyl (C=O) groups is 2. The van der Waals surface area contributed by atoms with E-state index >= 15 is 0 Å². The maximum Gasteiger partial charge on any atom is 0.254 e. The van der Waals surface area contributed by atoms with E-state index in [0.29, 0.717) is 0 Å². The van der Waals surface area contributed by atoms with Crippen molar-refractivity contribution in [3.05, 3.63) is 70.8 Å². The Hall–Kier alpha value is -2.66. The monoisotopic (exact) mass is 501 g/mol. The molecule has 2 aliphatic heterocycles. The Morgan fingerprint density at radius 2 is 1.49 bits per heavy atom. The summed E-state index contributed by atoms with van der Waals surface area (Å²) in [6.07, 6.45) is 5.28. The zero-order valence-electron chi connectivity index (χ0n) is 23.1. The van der Waals surface area contributed by atoms with Crippen LogP contribution in [0.3, 0.4) is 0 Å². The van der Waals surface area contributed by atoms with Gasteiger partial charge in [0.2, 0.25) is 5.91 Å². The second-order valence-electron chi connectivity index (χ2n) is 12.5. The van der Waals surface area contributed by atoms with Crippen LogP contribution in [0.25, 0.3) is 0 Å². The molecule has 3 atom stereocenters. The smallest absolute Gasteiger partial charge is 0.254 e.